The van der Waals surface area contributed by atoms with Crippen molar-refractivity contribution in [2.24, 2.45) is 0 Å². The molecule has 39 heavy (non-hydrogen) atoms. The molecule has 0 saturated carbocycles. The maximum absolute atomic E-state index is 14.9. The summed E-state index contributed by atoms with van der Waals surface area (Å²) in [7, 11) is -0.575. The fourth-order valence-electron chi connectivity index (χ4n) is 6.13. The quantitative estimate of drug-likeness (QED) is 0.286. The standard InChI is InChI=1S/C31H43FO6Si/c1-19(2)39(20(3)4,21(5)6)15-14-22-8-10-23(11-9-22)16-24-17-25(12-13-26(24)32)31(37-7)30(36)29(35)28(34)27(18-33)38-31/h8-13,17,19-21,27-30,33-36H,16,18H2,1-7H3/t27?,28-,29+,30-,31+/m1/s1. The van der Waals surface area contributed by atoms with E-state index in [2.05, 4.69) is 53.0 Å². The smallest absolute Gasteiger partial charge is 0.224 e. The first kappa shape index (κ1) is 31.4. The molecule has 1 aliphatic rings. The summed E-state index contributed by atoms with van der Waals surface area (Å²) in [4.78, 5) is 0. The first-order valence-corrected chi connectivity index (χ1v) is 15.9. The number of rotatable bonds is 8. The van der Waals surface area contributed by atoms with Crippen molar-refractivity contribution < 1.29 is 34.3 Å². The van der Waals surface area contributed by atoms with Crippen molar-refractivity contribution in [3.63, 3.8) is 0 Å². The molecular formula is C31H43FO6Si. The summed E-state index contributed by atoms with van der Waals surface area (Å²) < 4.78 is 26.2. The van der Waals surface area contributed by atoms with Crippen LogP contribution in [0.3, 0.4) is 0 Å². The van der Waals surface area contributed by atoms with Crippen LogP contribution in [-0.4, -0.2) is 66.6 Å². The lowest BCUT2D eigenvalue weighted by molar-refractivity contribution is -0.366. The van der Waals surface area contributed by atoms with Gasteiger partial charge in [0.15, 0.2) is 0 Å². The molecular weight excluding hydrogens is 515 g/mol. The summed E-state index contributed by atoms with van der Waals surface area (Å²) in [5, 5.41) is 40.9. The maximum Gasteiger partial charge on any atom is 0.224 e. The van der Waals surface area contributed by atoms with Crippen molar-refractivity contribution >= 4 is 8.07 Å². The Kier molecular flexibility index (Phi) is 10.2. The maximum atomic E-state index is 14.9. The Hall–Kier alpha value is -2.09. The first-order valence-electron chi connectivity index (χ1n) is 13.6. The van der Waals surface area contributed by atoms with Crippen LogP contribution in [0, 0.1) is 17.3 Å². The molecule has 1 fully saturated rings. The molecule has 0 amide bonds. The van der Waals surface area contributed by atoms with Gasteiger partial charge in [0.1, 0.15) is 38.3 Å². The molecule has 1 heterocycles. The van der Waals surface area contributed by atoms with Crippen LogP contribution in [0.2, 0.25) is 16.6 Å². The Morgan fingerprint density at radius 2 is 1.54 bits per heavy atom. The summed E-state index contributed by atoms with van der Waals surface area (Å²) in [6.45, 7) is 13.1. The van der Waals surface area contributed by atoms with Crippen molar-refractivity contribution in [2.75, 3.05) is 13.7 Å². The third-order valence-corrected chi connectivity index (χ3v) is 14.6. The van der Waals surface area contributed by atoms with Crippen LogP contribution in [0.25, 0.3) is 0 Å². The highest BCUT2D eigenvalue weighted by Gasteiger charge is 2.55. The van der Waals surface area contributed by atoms with E-state index in [1.165, 1.54) is 25.3 Å². The molecule has 2 aromatic carbocycles. The molecule has 0 radical (unpaired) electrons. The molecule has 5 atom stereocenters. The van der Waals surface area contributed by atoms with E-state index in [1.54, 1.807) is 0 Å². The van der Waals surface area contributed by atoms with Gasteiger partial charge >= 0.3 is 0 Å². The Labute approximate surface area is 232 Å². The van der Waals surface area contributed by atoms with Gasteiger partial charge in [-0.15, -0.1) is 5.54 Å². The van der Waals surface area contributed by atoms with Crippen molar-refractivity contribution in [1.29, 1.82) is 0 Å². The summed E-state index contributed by atoms with van der Waals surface area (Å²) in [5.41, 5.74) is 7.74. The van der Waals surface area contributed by atoms with Gasteiger partial charge in [-0.3, -0.25) is 0 Å². The van der Waals surface area contributed by atoms with Gasteiger partial charge < -0.3 is 29.9 Å². The number of benzene rings is 2. The average molecular weight is 559 g/mol. The van der Waals surface area contributed by atoms with Crippen LogP contribution in [0.4, 0.5) is 4.39 Å². The first-order chi connectivity index (χ1) is 18.3. The third-order valence-electron chi connectivity index (χ3n) is 8.34. The van der Waals surface area contributed by atoms with Crippen LogP contribution in [0.1, 0.15) is 63.8 Å². The van der Waals surface area contributed by atoms with Crippen molar-refractivity contribution in [3.05, 3.63) is 70.5 Å². The minimum Gasteiger partial charge on any atom is -0.394 e. The molecule has 4 N–H and O–H groups in total. The monoisotopic (exact) mass is 558 g/mol. The van der Waals surface area contributed by atoms with Gasteiger partial charge in [0.25, 0.3) is 0 Å². The second-order valence-electron chi connectivity index (χ2n) is 11.5. The molecule has 1 saturated heterocycles. The van der Waals surface area contributed by atoms with E-state index in [-0.39, 0.29) is 12.0 Å². The molecule has 0 aliphatic carbocycles. The van der Waals surface area contributed by atoms with Gasteiger partial charge in [-0.1, -0.05) is 65.7 Å². The van der Waals surface area contributed by atoms with Gasteiger partial charge in [0, 0.05) is 24.7 Å². The predicted octanol–water partition coefficient (Wildman–Crippen LogP) is 4.26. The van der Waals surface area contributed by atoms with Crippen LogP contribution < -0.4 is 0 Å². The molecule has 6 nitrogen and oxygen atoms in total. The number of hydrogen-bond acceptors (Lipinski definition) is 6. The normalized spacial score (nSPS) is 25.7. The van der Waals surface area contributed by atoms with E-state index in [0.29, 0.717) is 22.2 Å². The Morgan fingerprint density at radius 3 is 2.05 bits per heavy atom. The van der Waals surface area contributed by atoms with Crippen molar-refractivity contribution in [3.8, 4) is 11.5 Å². The lowest BCUT2D eigenvalue weighted by atomic mass is 9.87. The van der Waals surface area contributed by atoms with Gasteiger partial charge in [0.2, 0.25) is 5.79 Å². The van der Waals surface area contributed by atoms with Crippen molar-refractivity contribution in [1.82, 2.24) is 0 Å². The number of aliphatic hydroxyl groups is 4. The zero-order valence-corrected chi connectivity index (χ0v) is 25.0. The Balaban J connectivity index is 1.90. The summed E-state index contributed by atoms with van der Waals surface area (Å²) >= 11 is 0. The number of aliphatic hydroxyl groups excluding tert-OH is 4. The minimum atomic E-state index is -1.90. The molecule has 0 spiro atoms. The van der Waals surface area contributed by atoms with E-state index in [9.17, 15) is 24.8 Å². The highest BCUT2D eigenvalue weighted by Crippen LogP contribution is 2.41. The lowest BCUT2D eigenvalue weighted by Gasteiger charge is -2.47. The molecule has 2 aromatic rings. The van der Waals surface area contributed by atoms with E-state index >= 15 is 0 Å². The summed E-state index contributed by atoms with van der Waals surface area (Å²) in [6, 6.07) is 11.9. The third kappa shape index (κ3) is 6.01. The SMILES string of the molecule is CO[C@@]1(c2ccc(F)c(Cc3ccc(C#C[Si](C(C)C)(C(C)C)C(C)C)cc3)c2)OC(CO)[C@@H](O)[C@H](O)[C@H]1O. The largest absolute Gasteiger partial charge is 0.394 e. The zero-order chi connectivity index (χ0) is 29.1. The number of hydrogen-bond donors (Lipinski definition) is 4. The second-order valence-corrected chi connectivity index (χ2v) is 17.0. The number of methoxy groups -OCH3 is 1. The minimum absolute atomic E-state index is 0.262. The summed E-state index contributed by atoms with van der Waals surface area (Å²) in [5.74, 6) is 1.09. The Morgan fingerprint density at radius 1 is 0.949 bits per heavy atom. The molecule has 1 unspecified atom stereocenters. The van der Waals surface area contributed by atoms with Crippen molar-refractivity contribution in [2.45, 2.75) is 94.8 Å². The highest BCUT2D eigenvalue weighted by molar-refractivity contribution is 6.90. The fraction of sp³-hybridized carbons (Fsp3) is 0.548. The zero-order valence-electron chi connectivity index (χ0n) is 24.0. The fourth-order valence-corrected chi connectivity index (χ4v) is 11.4. The van der Waals surface area contributed by atoms with Gasteiger partial charge in [0.05, 0.1) is 6.61 Å². The molecule has 0 aromatic heterocycles. The second kappa shape index (κ2) is 12.6. The van der Waals surface area contributed by atoms with E-state index in [0.717, 1.165) is 11.1 Å². The van der Waals surface area contributed by atoms with E-state index in [1.807, 2.05) is 24.3 Å². The number of ether oxygens (including phenoxy) is 2. The highest BCUT2D eigenvalue weighted by atomic mass is 28.3. The predicted molar refractivity (Wildman–Crippen MR) is 152 cm³/mol. The van der Waals surface area contributed by atoms with E-state index < -0.39 is 50.7 Å². The Bertz CT molecular complexity index is 1150. The van der Waals surface area contributed by atoms with Gasteiger partial charge in [-0.25, -0.2) is 4.39 Å². The molecule has 8 heteroatoms. The molecule has 214 valence electrons. The lowest BCUT2D eigenvalue weighted by Crippen LogP contribution is -2.64. The van der Waals surface area contributed by atoms with Crippen LogP contribution in [0.5, 0.6) is 0 Å². The topological polar surface area (TPSA) is 99.4 Å². The van der Waals surface area contributed by atoms with Crippen LogP contribution in [-0.2, 0) is 21.7 Å². The van der Waals surface area contributed by atoms with E-state index in [4.69, 9.17) is 9.47 Å². The van der Waals surface area contributed by atoms with Crippen LogP contribution >= 0.6 is 0 Å². The number of halogens is 1. The molecule has 3 rings (SSSR count). The van der Waals surface area contributed by atoms with Gasteiger partial charge in [-0.05, 0) is 52.0 Å². The molecule has 1 aliphatic heterocycles. The molecule has 0 bridgehead atoms. The summed E-state index contributed by atoms with van der Waals surface area (Å²) in [6.07, 6.45) is -5.75. The van der Waals surface area contributed by atoms with Crippen LogP contribution in [0.15, 0.2) is 42.5 Å². The average Bonchev–Trinajstić information content (AvgIpc) is 2.90. The van der Waals surface area contributed by atoms with Gasteiger partial charge in [-0.2, -0.15) is 0 Å².